The molecule has 0 rings (SSSR count). The molecule has 0 bridgehead atoms. The predicted octanol–water partition coefficient (Wildman–Crippen LogP) is -0.0239. The Morgan fingerprint density at radius 1 is 1.88 bits per heavy atom. The van der Waals surface area contributed by atoms with Crippen LogP contribution in [-0.4, -0.2) is 23.9 Å². The molecule has 0 aliphatic carbocycles. The Morgan fingerprint density at radius 3 is 2.25 bits per heavy atom. The summed E-state index contributed by atoms with van der Waals surface area (Å²) in [4.78, 5) is 9.81. The second-order valence-corrected chi connectivity index (χ2v) is 1.56. The SMILES string of the molecule is CN[C@](C)(F)C(=O)O. The van der Waals surface area contributed by atoms with E-state index in [0.29, 0.717) is 0 Å². The van der Waals surface area contributed by atoms with Crippen molar-refractivity contribution in [3.63, 3.8) is 0 Å². The van der Waals surface area contributed by atoms with E-state index >= 15 is 0 Å². The van der Waals surface area contributed by atoms with Gasteiger partial charge in [-0.25, -0.2) is 9.18 Å². The third-order valence-corrected chi connectivity index (χ3v) is 0.871. The van der Waals surface area contributed by atoms with Crippen LogP contribution in [0.15, 0.2) is 0 Å². The molecule has 0 aliphatic rings. The highest BCUT2D eigenvalue weighted by Gasteiger charge is 2.29. The fourth-order valence-corrected chi connectivity index (χ4v) is 0.107. The van der Waals surface area contributed by atoms with E-state index in [2.05, 4.69) is 0 Å². The number of hydrogen-bond acceptors (Lipinski definition) is 2. The van der Waals surface area contributed by atoms with Crippen LogP contribution in [0, 0.1) is 0 Å². The number of rotatable bonds is 2. The minimum atomic E-state index is -2.29. The lowest BCUT2D eigenvalue weighted by molar-refractivity contribution is -0.151. The molecule has 2 N–H and O–H groups in total. The summed E-state index contributed by atoms with van der Waals surface area (Å²) in [5, 5.41) is 9.98. The summed E-state index contributed by atoms with van der Waals surface area (Å²) in [6.07, 6.45) is 0. The number of carboxylic acids is 1. The maximum Gasteiger partial charge on any atom is 0.356 e. The number of alkyl halides is 1. The van der Waals surface area contributed by atoms with Crippen LogP contribution in [-0.2, 0) is 4.79 Å². The topological polar surface area (TPSA) is 49.3 Å². The van der Waals surface area contributed by atoms with Gasteiger partial charge < -0.3 is 5.11 Å². The number of carboxylic acid groups (broad SMARTS) is 1. The van der Waals surface area contributed by atoms with Crippen LogP contribution >= 0.6 is 0 Å². The summed E-state index contributed by atoms with van der Waals surface area (Å²) in [5.74, 6) is -3.79. The molecule has 0 saturated carbocycles. The van der Waals surface area contributed by atoms with Crippen molar-refractivity contribution in [2.75, 3.05) is 7.05 Å². The zero-order valence-electron chi connectivity index (χ0n) is 4.73. The van der Waals surface area contributed by atoms with E-state index in [4.69, 9.17) is 5.11 Å². The first-order valence-electron chi connectivity index (χ1n) is 2.12. The van der Waals surface area contributed by atoms with Crippen molar-refractivity contribution >= 4 is 5.97 Å². The number of hydrogen-bond donors (Lipinski definition) is 2. The van der Waals surface area contributed by atoms with Crippen molar-refractivity contribution in [2.24, 2.45) is 0 Å². The number of likely N-dealkylation sites (N-methyl/N-ethyl adjacent to an activating group) is 1. The Bertz CT molecular complexity index is 102. The zero-order chi connectivity index (χ0) is 6.78. The summed E-state index contributed by atoms with van der Waals surface area (Å²) in [7, 11) is 1.24. The van der Waals surface area contributed by atoms with Crippen LogP contribution < -0.4 is 5.32 Å². The highest BCUT2D eigenvalue weighted by atomic mass is 19.1. The van der Waals surface area contributed by atoms with E-state index in [1.807, 2.05) is 5.32 Å². The van der Waals surface area contributed by atoms with Crippen molar-refractivity contribution in [2.45, 2.75) is 12.7 Å². The molecule has 0 fully saturated rings. The van der Waals surface area contributed by atoms with Gasteiger partial charge in [-0.1, -0.05) is 0 Å². The van der Waals surface area contributed by atoms with Crippen LogP contribution in [0.3, 0.4) is 0 Å². The molecule has 0 unspecified atom stereocenters. The van der Waals surface area contributed by atoms with Gasteiger partial charge in [0.15, 0.2) is 0 Å². The van der Waals surface area contributed by atoms with Crippen molar-refractivity contribution in [1.82, 2.24) is 5.32 Å². The third-order valence-electron chi connectivity index (χ3n) is 0.871. The first-order chi connectivity index (χ1) is 3.50. The van der Waals surface area contributed by atoms with E-state index < -0.39 is 11.8 Å². The Balaban J connectivity index is 3.91. The fraction of sp³-hybridized carbons (Fsp3) is 0.750. The fourth-order valence-electron chi connectivity index (χ4n) is 0.107. The van der Waals surface area contributed by atoms with Crippen LogP contribution in [0.25, 0.3) is 0 Å². The maximum absolute atomic E-state index is 12.2. The number of nitrogens with one attached hydrogen (secondary N) is 1. The average Bonchev–Trinajstić information content (AvgIpc) is 1.67. The Morgan fingerprint density at radius 2 is 2.25 bits per heavy atom. The predicted molar refractivity (Wildman–Crippen MR) is 26.2 cm³/mol. The van der Waals surface area contributed by atoms with E-state index in [1.165, 1.54) is 7.05 Å². The monoisotopic (exact) mass is 121 g/mol. The van der Waals surface area contributed by atoms with Gasteiger partial charge in [-0.05, 0) is 14.0 Å². The van der Waals surface area contributed by atoms with E-state index in [9.17, 15) is 9.18 Å². The van der Waals surface area contributed by atoms with Crippen LogP contribution in [0.2, 0.25) is 0 Å². The van der Waals surface area contributed by atoms with Crippen LogP contribution in [0.5, 0.6) is 0 Å². The standard InChI is InChI=1S/C4H8FNO2/c1-4(5,6-2)3(7)8/h6H,1-2H3,(H,7,8)/t4-/m0/s1. The highest BCUT2D eigenvalue weighted by molar-refractivity contribution is 5.75. The van der Waals surface area contributed by atoms with Crippen molar-refractivity contribution in [1.29, 1.82) is 0 Å². The minimum absolute atomic E-state index is 0.940. The van der Waals surface area contributed by atoms with Gasteiger partial charge in [0.05, 0.1) is 0 Å². The molecule has 0 heterocycles. The van der Waals surface area contributed by atoms with Gasteiger partial charge >= 0.3 is 5.97 Å². The largest absolute Gasteiger partial charge is 0.478 e. The Labute approximate surface area is 46.5 Å². The lowest BCUT2D eigenvalue weighted by atomic mass is 10.3. The molecule has 0 amide bonds. The van der Waals surface area contributed by atoms with Gasteiger partial charge in [-0.15, -0.1) is 0 Å². The number of aliphatic carboxylic acids is 1. The van der Waals surface area contributed by atoms with Crippen molar-refractivity contribution < 1.29 is 14.3 Å². The summed E-state index contributed by atoms with van der Waals surface area (Å²) in [6, 6.07) is 0. The van der Waals surface area contributed by atoms with E-state index in [-0.39, 0.29) is 0 Å². The molecule has 0 aromatic heterocycles. The van der Waals surface area contributed by atoms with Crippen molar-refractivity contribution in [3.05, 3.63) is 0 Å². The summed E-state index contributed by atoms with van der Waals surface area (Å²) >= 11 is 0. The third kappa shape index (κ3) is 1.46. The summed E-state index contributed by atoms with van der Waals surface area (Å²) in [6.45, 7) is 0.940. The van der Waals surface area contributed by atoms with Gasteiger partial charge in [-0.2, -0.15) is 0 Å². The van der Waals surface area contributed by atoms with Gasteiger partial charge in [0.25, 0.3) is 5.79 Å². The van der Waals surface area contributed by atoms with Gasteiger partial charge in [-0.3, -0.25) is 5.32 Å². The van der Waals surface area contributed by atoms with Gasteiger partial charge in [0.1, 0.15) is 0 Å². The molecule has 8 heavy (non-hydrogen) atoms. The molecular weight excluding hydrogens is 113 g/mol. The zero-order valence-corrected chi connectivity index (χ0v) is 4.73. The summed E-state index contributed by atoms with van der Waals surface area (Å²) in [5.41, 5.74) is 0. The van der Waals surface area contributed by atoms with Crippen LogP contribution in [0.1, 0.15) is 6.92 Å². The quantitative estimate of drug-likeness (QED) is 0.504. The molecular formula is C4H8FNO2. The lowest BCUT2D eigenvalue weighted by Crippen LogP contribution is -2.42. The molecule has 0 radical (unpaired) electrons. The molecule has 0 aromatic rings. The Kier molecular flexibility index (Phi) is 1.92. The number of halogens is 1. The first kappa shape index (κ1) is 7.36. The first-order valence-corrected chi connectivity index (χ1v) is 2.12. The molecule has 0 saturated heterocycles. The second-order valence-electron chi connectivity index (χ2n) is 1.56. The molecule has 48 valence electrons. The smallest absolute Gasteiger partial charge is 0.356 e. The number of carbonyl (C=O) groups is 1. The normalized spacial score (nSPS) is 17.4. The van der Waals surface area contributed by atoms with E-state index in [0.717, 1.165) is 6.92 Å². The average molecular weight is 121 g/mol. The van der Waals surface area contributed by atoms with Crippen molar-refractivity contribution in [3.8, 4) is 0 Å². The van der Waals surface area contributed by atoms with E-state index in [1.54, 1.807) is 0 Å². The molecule has 0 aliphatic heterocycles. The molecule has 1 atom stereocenters. The van der Waals surface area contributed by atoms with Gasteiger partial charge in [0.2, 0.25) is 0 Å². The molecule has 3 nitrogen and oxygen atoms in total. The second kappa shape index (κ2) is 2.09. The highest BCUT2D eigenvalue weighted by Crippen LogP contribution is 2.02. The summed E-state index contributed by atoms with van der Waals surface area (Å²) < 4.78 is 12.2. The molecule has 0 spiro atoms. The molecule has 0 aromatic carbocycles. The maximum atomic E-state index is 12.2. The van der Waals surface area contributed by atoms with Gasteiger partial charge in [0, 0.05) is 0 Å². The minimum Gasteiger partial charge on any atom is -0.478 e. The van der Waals surface area contributed by atoms with Crippen LogP contribution in [0.4, 0.5) is 4.39 Å². The molecule has 4 heteroatoms. The Hall–Kier alpha value is -0.640. The lowest BCUT2D eigenvalue weighted by Gasteiger charge is -2.11.